The number of benzene rings is 2. The van der Waals surface area contributed by atoms with Crippen LogP contribution >= 0.6 is 0 Å². The van der Waals surface area contributed by atoms with Gasteiger partial charge in [-0.2, -0.15) is 0 Å². The van der Waals surface area contributed by atoms with Crippen LogP contribution in [0.4, 0.5) is 0 Å². The van der Waals surface area contributed by atoms with Crippen LogP contribution in [-0.2, 0) is 14.3 Å². The maximum atomic E-state index is 12.9. The third-order valence-electron chi connectivity index (χ3n) is 5.50. The highest BCUT2D eigenvalue weighted by molar-refractivity contribution is 6.46. The molecule has 2 heterocycles. The highest BCUT2D eigenvalue weighted by Crippen LogP contribution is 2.40. The van der Waals surface area contributed by atoms with Gasteiger partial charge in [-0.1, -0.05) is 42.0 Å². The van der Waals surface area contributed by atoms with E-state index < -0.39 is 17.7 Å². The van der Waals surface area contributed by atoms with Crippen molar-refractivity contribution in [2.24, 2.45) is 0 Å². The number of nitrogens with zero attached hydrogens (tertiary/aromatic N) is 1. The second-order valence-electron chi connectivity index (χ2n) is 7.54. The maximum Gasteiger partial charge on any atom is 0.295 e. The number of carbonyl (C=O) groups excluding carboxylic acids is 2. The van der Waals surface area contributed by atoms with Crippen molar-refractivity contribution in [3.05, 3.63) is 70.8 Å². The largest absolute Gasteiger partial charge is 0.508 e. The predicted octanol–water partition coefficient (Wildman–Crippen LogP) is 3.30. The molecule has 2 N–H and O–H groups in total. The number of aliphatic hydroxyl groups is 1. The number of phenolic OH excluding ortho intramolecular Hbond substituents is 1. The normalized spacial score (nSPS) is 23.7. The minimum Gasteiger partial charge on any atom is -0.508 e. The van der Waals surface area contributed by atoms with E-state index in [2.05, 4.69) is 0 Å². The highest BCUT2D eigenvalue weighted by Gasteiger charge is 2.47. The summed E-state index contributed by atoms with van der Waals surface area (Å²) in [4.78, 5) is 27.3. The number of aryl methyl sites for hydroxylation is 1. The topological polar surface area (TPSA) is 87.1 Å². The molecule has 2 fully saturated rings. The van der Waals surface area contributed by atoms with Gasteiger partial charge in [0.15, 0.2) is 0 Å². The number of carbonyl (C=O) groups is 2. The molecule has 2 aromatic rings. The van der Waals surface area contributed by atoms with Gasteiger partial charge in [-0.15, -0.1) is 0 Å². The average Bonchev–Trinajstić information content (AvgIpc) is 3.31. The van der Waals surface area contributed by atoms with Crippen molar-refractivity contribution in [1.29, 1.82) is 0 Å². The third kappa shape index (κ3) is 3.63. The number of hydrogen-bond donors (Lipinski definition) is 2. The van der Waals surface area contributed by atoms with E-state index in [4.69, 9.17) is 4.74 Å². The van der Waals surface area contributed by atoms with Gasteiger partial charge in [-0.3, -0.25) is 9.59 Å². The van der Waals surface area contributed by atoms with Gasteiger partial charge in [0, 0.05) is 18.7 Å². The van der Waals surface area contributed by atoms with Crippen molar-refractivity contribution >= 4 is 17.4 Å². The van der Waals surface area contributed by atoms with Crippen LogP contribution < -0.4 is 0 Å². The molecular formula is C23H23NO5. The number of aliphatic hydroxyl groups excluding tert-OH is 1. The number of likely N-dealkylation sites (tertiary alicyclic amines) is 1. The summed E-state index contributed by atoms with van der Waals surface area (Å²) in [6.07, 6.45) is 1.61. The second-order valence-corrected chi connectivity index (χ2v) is 7.54. The fraction of sp³-hybridized carbons (Fsp3) is 0.304. The number of aromatic hydroxyl groups is 1. The predicted molar refractivity (Wildman–Crippen MR) is 107 cm³/mol. The number of hydrogen-bond acceptors (Lipinski definition) is 5. The van der Waals surface area contributed by atoms with E-state index in [9.17, 15) is 19.8 Å². The van der Waals surface area contributed by atoms with E-state index in [1.165, 1.54) is 17.0 Å². The molecule has 6 nitrogen and oxygen atoms in total. The molecule has 2 unspecified atom stereocenters. The van der Waals surface area contributed by atoms with Crippen molar-refractivity contribution in [1.82, 2.24) is 4.90 Å². The van der Waals surface area contributed by atoms with Crippen molar-refractivity contribution in [3.8, 4) is 5.75 Å². The number of ketones is 1. The van der Waals surface area contributed by atoms with Gasteiger partial charge in [0.1, 0.15) is 11.5 Å². The molecule has 0 aromatic heterocycles. The summed E-state index contributed by atoms with van der Waals surface area (Å²) in [6, 6.07) is 12.7. The van der Waals surface area contributed by atoms with Crippen LogP contribution in [0, 0.1) is 6.92 Å². The van der Waals surface area contributed by atoms with Crippen molar-refractivity contribution in [2.45, 2.75) is 31.9 Å². The monoisotopic (exact) mass is 393 g/mol. The smallest absolute Gasteiger partial charge is 0.295 e. The molecule has 2 saturated heterocycles. The van der Waals surface area contributed by atoms with Crippen LogP contribution in [-0.4, -0.2) is 46.1 Å². The Morgan fingerprint density at radius 2 is 1.79 bits per heavy atom. The SMILES string of the molecule is Cc1ccc(/C(O)=C2\C(=O)C(=O)N(CC3CCCO3)C2c2ccc(O)cc2)cc1. The summed E-state index contributed by atoms with van der Waals surface area (Å²) in [5.74, 6) is -1.47. The Hall–Kier alpha value is -3.12. The van der Waals surface area contributed by atoms with Gasteiger partial charge in [0.25, 0.3) is 11.7 Å². The van der Waals surface area contributed by atoms with E-state index in [0.717, 1.165) is 18.4 Å². The summed E-state index contributed by atoms with van der Waals surface area (Å²) in [7, 11) is 0. The lowest BCUT2D eigenvalue weighted by molar-refractivity contribution is -0.140. The summed E-state index contributed by atoms with van der Waals surface area (Å²) in [5.41, 5.74) is 2.21. The molecule has 150 valence electrons. The van der Waals surface area contributed by atoms with E-state index in [0.29, 0.717) is 17.7 Å². The molecule has 2 aliphatic rings. The molecule has 0 spiro atoms. The Balaban J connectivity index is 1.81. The highest BCUT2D eigenvalue weighted by atomic mass is 16.5. The van der Waals surface area contributed by atoms with Crippen LogP contribution in [0.2, 0.25) is 0 Å². The summed E-state index contributed by atoms with van der Waals surface area (Å²) in [5, 5.41) is 20.6. The summed E-state index contributed by atoms with van der Waals surface area (Å²) >= 11 is 0. The fourth-order valence-corrected chi connectivity index (χ4v) is 3.95. The fourth-order valence-electron chi connectivity index (χ4n) is 3.95. The van der Waals surface area contributed by atoms with Gasteiger partial charge in [-0.05, 0) is 37.5 Å². The van der Waals surface area contributed by atoms with E-state index in [1.807, 2.05) is 19.1 Å². The second kappa shape index (κ2) is 7.72. The van der Waals surface area contributed by atoms with Crippen LogP contribution in [0.1, 0.15) is 35.6 Å². The van der Waals surface area contributed by atoms with Gasteiger partial charge >= 0.3 is 0 Å². The zero-order valence-electron chi connectivity index (χ0n) is 16.2. The van der Waals surface area contributed by atoms with Crippen molar-refractivity contribution in [2.75, 3.05) is 13.2 Å². The number of rotatable bonds is 4. The molecule has 4 rings (SSSR count). The van der Waals surface area contributed by atoms with Crippen molar-refractivity contribution in [3.63, 3.8) is 0 Å². The zero-order valence-corrected chi connectivity index (χ0v) is 16.2. The first-order chi connectivity index (χ1) is 14.0. The Morgan fingerprint density at radius 1 is 1.10 bits per heavy atom. The first-order valence-corrected chi connectivity index (χ1v) is 9.71. The lowest BCUT2D eigenvalue weighted by atomic mass is 9.95. The molecule has 2 aromatic carbocycles. The van der Waals surface area contributed by atoms with Gasteiger partial charge < -0.3 is 19.8 Å². The minimum atomic E-state index is -0.735. The maximum absolute atomic E-state index is 12.9. The van der Waals surface area contributed by atoms with E-state index >= 15 is 0 Å². The third-order valence-corrected chi connectivity index (χ3v) is 5.50. The quantitative estimate of drug-likeness (QED) is 0.473. The zero-order chi connectivity index (χ0) is 20.5. The van der Waals surface area contributed by atoms with Crippen LogP contribution in [0.25, 0.3) is 5.76 Å². The standard InChI is InChI=1S/C23H23NO5/c1-14-4-6-16(7-5-14)21(26)19-20(15-8-10-17(25)11-9-15)24(23(28)22(19)27)13-18-3-2-12-29-18/h4-11,18,20,25-26H,2-3,12-13H2,1H3/b21-19+. The lowest BCUT2D eigenvalue weighted by Gasteiger charge is -2.27. The number of amides is 1. The molecule has 1 amide bonds. The molecule has 6 heteroatoms. The molecule has 0 saturated carbocycles. The molecule has 0 aliphatic carbocycles. The summed E-state index contributed by atoms with van der Waals surface area (Å²) < 4.78 is 5.67. The molecular weight excluding hydrogens is 370 g/mol. The molecule has 29 heavy (non-hydrogen) atoms. The van der Waals surface area contributed by atoms with Crippen LogP contribution in [0.15, 0.2) is 54.1 Å². The Morgan fingerprint density at radius 3 is 2.41 bits per heavy atom. The van der Waals surface area contributed by atoms with Gasteiger partial charge in [0.2, 0.25) is 0 Å². The van der Waals surface area contributed by atoms with E-state index in [-0.39, 0.29) is 29.7 Å². The average molecular weight is 393 g/mol. The van der Waals surface area contributed by atoms with Crippen LogP contribution in [0.5, 0.6) is 5.75 Å². The Bertz CT molecular complexity index is 956. The minimum absolute atomic E-state index is 0.0579. The molecule has 2 aliphatic heterocycles. The lowest BCUT2D eigenvalue weighted by Crippen LogP contribution is -2.36. The van der Waals surface area contributed by atoms with E-state index in [1.54, 1.807) is 24.3 Å². The van der Waals surface area contributed by atoms with Crippen molar-refractivity contribution < 1.29 is 24.5 Å². The number of phenols is 1. The molecule has 0 bridgehead atoms. The number of ether oxygens (including phenoxy) is 1. The first-order valence-electron chi connectivity index (χ1n) is 9.71. The van der Waals surface area contributed by atoms with Gasteiger partial charge in [-0.25, -0.2) is 0 Å². The van der Waals surface area contributed by atoms with Gasteiger partial charge in [0.05, 0.1) is 17.7 Å². The molecule has 0 radical (unpaired) electrons. The van der Waals surface area contributed by atoms with Crippen LogP contribution in [0.3, 0.4) is 0 Å². The number of Topliss-reactive ketones (excluding diaryl/α,β-unsaturated/α-hetero) is 1. The molecule has 2 atom stereocenters. The Kier molecular flexibility index (Phi) is 5.11. The Labute approximate surface area is 169 Å². The first kappa shape index (κ1) is 19.2. The summed E-state index contributed by atoms with van der Waals surface area (Å²) in [6.45, 7) is 2.85.